The molecule has 1 N–H and O–H groups in total. The Bertz CT molecular complexity index is 464. The summed E-state index contributed by atoms with van der Waals surface area (Å²) in [5.74, 6) is 1.66. The summed E-state index contributed by atoms with van der Waals surface area (Å²) in [5, 5.41) is 11.1. The number of benzene rings is 1. The number of rotatable bonds is 5. The van der Waals surface area contributed by atoms with Crippen molar-refractivity contribution in [2.45, 2.75) is 20.0 Å². The van der Waals surface area contributed by atoms with Crippen molar-refractivity contribution in [3.8, 4) is 5.75 Å². The largest absolute Gasteiger partial charge is 0.497 e. The van der Waals surface area contributed by atoms with E-state index in [1.807, 2.05) is 28.8 Å². The monoisotopic (exact) mass is 232 g/mol. The minimum atomic E-state index is 0.725. The molecule has 0 spiro atoms. The van der Waals surface area contributed by atoms with Crippen molar-refractivity contribution in [3.63, 3.8) is 0 Å². The van der Waals surface area contributed by atoms with Crippen molar-refractivity contribution in [2.75, 3.05) is 12.4 Å². The number of aromatic nitrogens is 3. The molecule has 1 aromatic carbocycles. The number of methoxy groups -OCH3 is 1. The van der Waals surface area contributed by atoms with E-state index in [0.717, 1.165) is 24.8 Å². The van der Waals surface area contributed by atoms with Gasteiger partial charge in [-0.1, -0.05) is 12.1 Å². The van der Waals surface area contributed by atoms with Crippen LogP contribution in [-0.2, 0) is 13.1 Å². The van der Waals surface area contributed by atoms with Crippen LogP contribution < -0.4 is 10.1 Å². The first-order chi connectivity index (χ1) is 8.33. The van der Waals surface area contributed by atoms with Crippen LogP contribution in [0.2, 0.25) is 0 Å². The van der Waals surface area contributed by atoms with Crippen LogP contribution in [0.15, 0.2) is 30.6 Å². The highest BCUT2D eigenvalue weighted by Crippen LogP contribution is 2.12. The van der Waals surface area contributed by atoms with Gasteiger partial charge in [0.2, 0.25) is 5.95 Å². The molecule has 0 unspecified atom stereocenters. The van der Waals surface area contributed by atoms with Gasteiger partial charge in [-0.25, -0.2) is 0 Å². The van der Waals surface area contributed by atoms with Crippen LogP contribution in [0.3, 0.4) is 0 Å². The van der Waals surface area contributed by atoms with Crippen molar-refractivity contribution in [2.24, 2.45) is 0 Å². The Morgan fingerprint density at radius 3 is 2.71 bits per heavy atom. The first kappa shape index (κ1) is 11.4. The second kappa shape index (κ2) is 5.34. The van der Waals surface area contributed by atoms with Gasteiger partial charge in [-0.2, -0.15) is 0 Å². The second-order valence-electron chi connectivity index (χ2n) is 3.64. The lowest BCUT2D eigenvalue weighted by molar-refractivity contribution is 0.414. The number of aryl methyl sites for hydroxylation is 1. The number of nitrogens with zero attached hydrogens (tertiary/aromatic N) is 3. The molecule has 0 fully saturated rings. The van der Waals surface area contributed by atoms with Gasteiger partial charge in [0.1, 0.15) is 12.1 Å². The lowest BCUT2D eigenvalue weighted by Gasteiger charge is -2.07. The Balaban J connectivity index is 1.97. The molecule has 0 radical (unpaired) electrons. The van der Waals surface area contributed by atoms with Gasteiger partial charge in [0.25, 0.3) is 0 Å². The minimum absolute atomic E-state index is 0.725. The highest BCUT2D eigenvalue weighted by Gasteiger charge is 2.01. The number of hydrogen-bond donors (Lipinski definition) is 1. The maximum atomic E-state index is 5.11. The fraction of sp³-hybridized carbons (Fsp3) is 0.333. The van der Waals surface area contributed by atoms with Gasteiger partial charge in [-0.15, -0.1) is 10.2 Å². The van der Waals surface area contributed by atoms with Gasteiger partial charge >= 0.3 is 0 Å². The molecular formula is C12H16N4O. The van der Waals surface area contributed by atoms with E-state index in [0.29, 0.717) is 0 Å². The Kier molecular flexibility index (Phi) is 3.59. The van der Waals surface area contributed by atoms with Crippen molar-refractivity contribution in [1.29, 1.82) is 0 Å². The van der Waals surface area contributed by atoms with E-state index in [-0.39, 0.29) is 0 Å². The highest BCUT2D eigenvalue weighted by molar-refractivity contribution is 5.31. The Morgan fingerprint density at radius 1 is 1.29 bits per heavy atom. The number of ether oxygens (including phenoxy) is 1. The third-order valence-electron chi connectivity index (χ3n) is 2.57. The van der Waals surface area contributed by atoms with Crippen LogP contribution in [0.25, 0.3) is 0 Å². The summed E-state index contributed by atoms with van der Waals surface area (Å²) in [6.45, 7) is 3.64. The van der Waals surface area contributed by atoms with E-state index >= 15 is 0 Å². The molecule has 2 aromatic rings. The molecule has 0 amide bonds. The maximum Gasteiger partial charge on any atom is 0.224 e. The van der Waals surface area contributed by atoms with Crippen molar-refractivity contribution < 1.29 is 4.74 Å². The molecule has 0 aliphatic rings. The molecule has 0 saturated heterocycles. The molecule has 1 aromatic heterocycles. The number of nitrogens with one attached hydrogen (secondary N) is 1. The van der Waals surface area contributed by atoms with E-state index in [1.54, 1.807) is 13.4 Å². The predicted octanol–water partition coefficient (Wildman–Crippen LogP) is 1.92. The summed E-state index contributed by atoms with van der Waals surface area (Å²) in [6.07, 6.45) is 1.72. The zero-order valence-corrected chi connectivity index (χ0v) is 10.1. The lowest BCUT2D eigenvalue weighted by Crippen LogP contribution is -2.06. The zero-order valence-electron chi connectivity index (χ0n) is 10.1. The normalized spacial score (nSPS) is 10.2. The summed E-state index contributed by atoms with van der Waals surface area (Å²) < 4.78 is 7.07. The highest BCUT2D eigenvalue weighted by atomic mass is 16.5. The predicted molar refractivity (Wildman–Crippen MR) is 66.0 cm³/mol. The SMILES string of the molecule is CCn1cnnc1NCc1ccc(OC)cc1. The first-order valence-corrected chi connectivity index (χ1v) is 5.58. The molecule has 0 aliphatic heterocycles. The van der Waals surface area contributed by atoms with Crippen molar-refractivity contribution >= 4 is 5.95 Å². The summed E-state index contributed by atoms with van der Waals surface area (Å²) >= 11 is 0. The summed E-state index contributed by atoms with van der Waals surface area (Å²) in [4.78, 5) is 0. The standard InChI is InChI=1S/C12H16N4O/c1-3-16-9-14-15-12(16)13-8-10-4-6-11(17-2)7-5-10/h4-7,9H,3,8H2,1-2H3,(H,13,15). The van der Waals surface area contributed by atoms with E-state index in [1.165, 1.54) is 5.56 Å². The average Bonchev–Trinajstić information content (AvgIpc) is 2.84. The molecule has 5 heteroatoms. The fourth-order valence-electron chi connectivity index (χ4n) is 1.55. The molecule has 2 rings (SSSR count). The van der Waals surface area contributed by atoms with Crippen molar-refractivity contribution in [1.82, 2.24) is 14.8 Å². The molecule has 0 aliphatic carbocycles. The zero-order chi connectivity index (χ0) is 12.1. The molecule has 1 heterocycles. The van der Waals surface area contributed by atoms with Crippen LogP contribution in [0.5, 0.6) is 5.75 Å². The average molecular weight is 232 g/mol. The number of anilines is 1. The van der Waals surface area contributed by atoms with Crippen LogP contribution in [0.4, 0.5) is 5.95 Å². The van der Waals surface area contributed by atoms with Gasteiger partial charge < -0.3 is 14.6 Å². The quantitative estimate of drug-likeness (QED) is 0.855. The minimum Gasteiger partial charge on any atom is -0.497 e. The summed E-state index contributed by atoms with van der Waals surface area (Å²) in [7, 11) is 1.66. The third kappa shape index (κ3) is 2.75. The smallest absolute Gasteiger partial charge is 0.224 e. The van der Waals surface area contributed by atoms with Gasteiger partial charge in [0, 0.05) is 13.1 Å². The summed E-state index contributed by atoms with van der Waals surface area (Å²) in [6, 6.07) is 7.94. The maximum absolute atomic E-state index is 5.11. The molecule has 0 atom stereocenters. The third-order valence-corrected chi connectivity index (χ3v) is 2.57. The van der Waals surface area contributed by atoms with Crippen LogP contribution in [0, 0.1) is 0 Å². The Morgan fingerprint density at radius 2 is 2.06 bits per heavy atom. The molecule has 5 nitrogen and oxygen atoms in total. The molecule has 0 bridgehead atoms. The van der Waals surface area contributed by atoms with E-state index in [9.17, 15) is 0 Å². The molecule has 17 heavy (non-hydrogen) atoms. The number of hydrogen-bond acceptors (Lipinski definition) is 4. The first-order valence-electron chi connectivity index (χ1n) is 5.58. The van der Waals surface area contributed by atoms with Gasteiger partial charge in [0.05, 0.1) is 7.11 Å². The summed E-state index contributed by atoms with van der Waals surface area (Å²) in [5.41, 5.74) is 1.18. The Labute approximate surface area is 100 Å². The van der Waals surface area contributed by atoms with Gasteiger partial charge in [-0.3, -0.25) is 0 Å². The topological polar surface area (TPSA) is 52.0 Å². The molecule has 90 valence electrons. The van der Waals surface area contributed by atoms with E-state index in [4.69, 9.17) is 4.74 Å². The molecular weight excluding hydrogens is 216 g/mol. The van der Waals surface area contributed by atoms with Crippen LogP contribution >= 0.6 is 0 Å². The van der Waals surface area contributed by atoms with Crippen LogP contribution in [0.1, 0.15) is 12.5 Å². The van der Waals surface area contributed by atoms with Crippen LogP contribution in [-0.4, -0.2) is 21.9 Å². The second-order valence-corrected chi connectivity index (χ2v) is 3.64. The van der Waals surface area contributed by atoms with Gasteiger partial charge in [0.15, 0.2) is 0 Å². The molecule has 0 saturated carbocycles. The van der Waals surface area contributed by atoms with Crippen molar-refractivity contribution in [3.05, 3.63) is 36.2 Å². The Hall–Kier alpha value is -2.04. The van der Waals surface area contributed by atoms with Gasteiger partial charge in [-0.05, 0) is 24.6 Å². The lowest BCUT2D eigenvalue weighted by atomic mass is 10.2. The fourth-order valence-corrected chi connectivity index (χ4v) is 1.55. The van der Waals surface area contributed by atoms with E-state index < -0.39 is 0 Å². The van der Waals surface area contributed by atoms with E-state index in [2.05, 4.69) is 22.4 Å².